The Kier molecular flexibility index (Phi) is 5.75. The molecule has 4 N–H and O–H groups in total. The summed E-state index contributed by atoms with van der Waals surface area (Å²) in [5.41, 5.74) is 4.98. The number of likely N-dealkylation sites (N-methyl/N-ethyl adjacent to an activating group) is 1. The second-order valence-corrected chi connectivity index (χ2v) is 4.89. The number of urea groups is 1. The predicted molar refractivity (Wildman–Crippen MR) is 70.0 cm³/mol. The first-order chi connectivity index (χ1) is 9.32. The van der Waals surface area contributed by atoms with Crippen molar-refractivity contribution in [2.75, 3.05) is 13.7 Å². The lowest BCUT2D eigenvalue weighted by molar-refractivity contribution is -0.139. The minimum atomic E-state index is -1.19. The molecule has 0 radical (unpaired) electrons. The second kappa shape index (κ2) is 7.09. The van der Waals surface area contributed by atoms with Crippen LogP contribution in [0, 0.1) is 0 Å². The van der Waals surface area contributed by atoms with Gasteiger partial charge >= 0.3 is 12.0 Å². The van der Waals surface area contributed by atoms with Crippen LogP contribution in [0.15, 0.2) is 0 Å². The average molecular weight is 287 g/mol. The highest BCUT2D eigenvalue weighted by Crippen LogP contribution is 2.18. The Morgan fingerprint density at radius 2 is 2.15 bits per heavy atom. The molecule has 1 aliphatic heterocycles. The fourth-order valence-electron chi connectivity index (χ4n) is 2.17. The van der Waals surface area contributed by atoms with Gasteiger partial charge in [0.25, 0.3) is 0 Å². The first kappa shape index (κ1) is 16.2. The van der Waals surface area contributed by atoms with Crippen LogP contribution < -0.4 is 11.1 Å². The van der Waals surface area contributed by atoms with Crippen LogP contribution in [0.25, 0.3) is 0 Å². The van der Waals surface area contributed by atoms with E-state index in [1.54, 1.807) is 7.05 Å². The van der Waals surface area contributed by atoms with Crippen LogP contribution in [-0.2, 0) is 14.3 Å². The third kappa shape index (κ3) is 4.37. The van der Waals surface area contributed by atoms with Crippen LogP contribution >= 0.6 is 0 Å². The molecule has 0 aliphatic carbocycles. The molecule has 0 aromatic carbocycles. The van der Waals surface area contributed by atoms with Gasteiger partial charge in [-0.2, -0.15) is 0 Å². The van der Waals surface area contributed by atoms with E-state index < -0.39 is 23.9 Å². The quantitative estimate of drug-likeness (QED) is 0.609. The molecule has 3 atom stereocenters. The molecule has 3 unspecified atom stereocenters. The first-order valence-electron chi connectivity index (χ1n) is 6.49. The Bertz CT molecular complexity index is 387. The van der Waals surface area contributed by atoms with Gasteiger partial charge in [-0.1, -0.05) is 0 Å². The van der Waals surface area contributed by atoms with E-state index in [1.807, 2.05) is 6.92 Å². The molecule has 20 heavy (non-hydrogen) atoms. The van der Waals surface area contributed by atoms with E-state index in [-0.39, 0.29) is 25.0 Å². The number of carbonyl (C=O) groups is 3. The SMILES string of the molecule is CC1OCCC1N(C)C(=O)NC(CCC(N)=O)C(=O)O. The summed E-state index contributed by atoms with van der Waals surface area (Å²) in [6.07, 6.45) is 0.509. The maximum Gasteiger partial charge on any atom is 0.326 e. The molecule has 1 saturated heterocycles. The summed E-state index contributed by atoms with van der Waals surface area (Å²) in [6, 6.07) is -1.71. The molecular formula is C12H21N3O5. The van der Waals surface area contributed by atoms with Crippen molar-refractivity contribution in [2.45, 2.75) is 44.4 Å². The van der Waals surface area contributed by atoms with E-state index in [9.17, 15) is 14.4 Å². The molecule has 1 fully saturated rings. The molecular weight excluding hydrogens is 266 g/mol. The maximum absolute atomic E-state index is 12.0. The Morgan fingerprint density at radius 1 is 1.50 bits per heavy atom. The van der Waals surface area contributed by atoms with E-state index in [2.05, 4.69) is 5.32 Å². The number of nitrogens with two attached hydrogens (primary N) is 1. The second-order valence-electron chi connectivity index (χ2n) is 4.89. The van der Waals surface area contributed by atoms with Gasteiger partial charge in [0.2, 0.25) is 5.91 Å². The van der Waals surface area contributed by atoms with Crippen molar-refractivity contribution in [3.8, 4) is 0 Å². The summed E-state index contributed by atoms with van der Waals surface area (Å²) >= 11 is 0. The normalized spacial score (nSPS) is 23.1. The fourth-order valence-corrected chi connectivity index (χ4v) is 2.17. The van der Waals surface area contributed by atoms with E-state index in [0.717, 1.165) is 0 Å². The molecule has 1 aliphatic rings. The Hall–Kier alpha value is -1.83. The smallest absolute Gasteiger partial charge is 0.326 e. The van der Waals surface area contributed by atoms with Crippen molar-refractivity contribution < 1.29 is 24.2 Å². The number of hydrogen-bond donors (Lipinski definition) is 3. The number of hydrogen-bond acceptors (Lipinski definition) is 4. The number of primary amides is 1. The monoisotopic (exact) mass is 287 g/mol. The number of aliphatic carboxylic acids is 1. The van der Waals surface area contributed by atoms with Crippen molar-refractivity contribution in [3.63, 3.8) is 0 Å². The largest absolute Gasteiger partial charge is 0.480 e. The van der Waals surface area contributed by atoms with Gasteiger partial charge < -0.3 is 25.8 Å². The minimum Gasteiger partial charge on any atom is -0.480 e. The molecule has 0 saturated carbocycles. The highest BCUT2D eigenvalue weighted by Gasteiger charge is 2.32. The number of amides is 3. The standard InChI is InChI=1S/C12H21N3O5/c1-7-9(5-6-20-7)15(2)12(19)14-8(11(17)18)3-4-10(13)16/h7-9H,3-6H2,1-2H3,(H2,13,16)(H,14,19)(H,17,18). The molecule has 0 aromatic heterocycles. The number of carboxylic acids is 1. The summed E-state index contributed by atoms with van der Waals surface area (Å²) < 4.78 is 5.37. The van der Waals surface area contributed by atoms with Gasteiger partial charge in [0.15, 0.2) is 0 Å². The topological polar surface area (TPSA) is 122 Å². The molecule has 114 valence electrons. The van der Waals surface area contributed by atoms with Crippen LogP contribution in [0.2, 0.25) is 0 Å². The lowest BCUT2D eigenvalue weighted by atomic mass is 10.1. The predicted octanol–water partition coefficient (Wildman–Crippen LogP) is -0.476. The summed E-state index contributed by atoms with van der Waals surface area (Å²) in [5, 5.41) is 11.4. The van der Waals surface area contributed by atoms with Gasteiger partial charge in [-0.15, -0.1) is 0 Å². The Morgan fingerprint density at radius 3 is 2.60 bits per heavy atom. The van der Waals surface area contributed by atoms with E-state index in [1.165, 1.54) is 4.90 Å². The number of ether oxygens (including phenoxy) is 1. The molecule has 8 nitrogen and oxygen atoms in total. The first-order valence-corrected chi connectivity index (χ1v) is 6.49. The van der Waals surface area contributed by atoms with Gasteiger partial charge in [0.1, 0.15) is 6.04 Å². The molecule has 0 aromatic rings. The van der Waals surface area contributed by atoms with E-state index >= 15 is 0 Å². The van der Waals surface area contributed by atoms with Gasteiger partial charge in [-0.05, 0) is 19.8 Å². The molecule has 0 spiro atoms. The molecule has 0 bridgehead atoms. The van der Waals surface area contributed by atoms with Crippen LogP contribution in [0.5, 0.6) is 0 Å². The zero-order valence-electron chi connectivity index (χ0n) is 11.7. The Balaban J connectivity index is 2.56. The maximum atomic E-state index is 12.0. The zero-order chi connectivity index (χ0) is 15.3. The molecule has 1 rings (SSSR count). The summed E-state index contributed by atoms with van der Waals surface area (Å²) in [5.74, 6) is -1.79. The molecule has 3 amide bonds. The van der Waals surface area contributed by atoms with Gasteiger partial charge in [0.05, 0.1) is 12.1 Å². The zero-order valence-corrected chi connectivity index (χ0v) is 11.7. The minimum absolute atomic E-state index is 0.0268. The van der Waals surface area contributed by atoms with Crippen molar-refractivity contribution >= 4 is 17.9 Å². The van der Waals surface area contributed by atoms with Crippen LogP contribution in [0.4, 0.5) is 4.79 Å². The number of nitrogens with zero attached hydrogens (tertiary/aromatic N) is 1. The highest BCUT2D eigenvalue weighted by atomic mass is 16.5. The van der Waals surface area contributed by atoms with Crippen molar-refractivity contribution in [3.05, 3.63) is 0 Å². The van der Waals surface area contributed by atoms with Gasteiger partial charge in [-0.25, -0.2) is 9.59 Å². The average Bonchev–Trinajstić information content (AvgIpc) is 2.78. The van der Waals surface area contributed by atoms with Crippen LogP contribution in [0.3, 0.4) is 0 Å². The number of rotatable bonds is 6. The molecule has 1 heterocycles. The van der Waals surface area contributed by atoms with Crippen LogP contribution in [0.1, 0.15) is 26.2 Å². The third-order valence-corrected chi connectivity index (χ3v) is 3.43. The summed E-state index contributed by atoms with van der Waals surface area (Å²) in [6.45, 7) is 2.44. The highest BCUT2D eigenvalue weighted by molar-refractivity contribution is 5.83. The lowest BCUT2D eigenvalue weighted by Gasteiger charge is -2.28. The van der Waals surface area contributed by atoms with E-state index in [0.29, 0.717) is 13.0 Å². The third-order valence-electron chi connectivity index (χ3n) is 3.43. The molecule has 8 heteroatoms. The summed E-state index contributed by atoms with van der Waals surface area (Å²) in [7, 11) is 1.60. The number of nitrogens with one attached hydrogen (secondary N) is 1. The van der Waals surface area contributed by atoms with Crippen LogP contribution in [-0.4, -0.2) is 59.8 Å². The fraction of sp³-hybridized carbons (Fsp3) is 0.750. The van der Waals surface area contributed by atoms with Crippen molar-refractivity contribution in [2.24, 2.45) is 5.73 Å². The van der Waals surface area contributed by atoms with Crippen molar-refractivity contribution in [1.82, 2.24) is 10.2 Å². The van der Waals surface area contributed by atoms with Crippen molar-refractivity contribution in [1.29, 1.82) is 0 Å². The Labute approximate surface area is 117 Å². The van der Waals surface area contributed by atoms with E-state index in [4.69, 9.17) is 15.6 Å². The lowest BCUT2D eigenvalue weighted by Crippen LogP contribution is -2.51. The van der Waals surface area contributed by atoms with Gasteiger partial charge in [0, 0.05) is 20.1 Å². The van der Waals surface area contributed by atoms with Gasteiger partial charge in [-0.3, -0.25) is 4.79 Å². The number of carbonyl (C=O) groups excluding carboxylic acids is 2. The summed E-state index contributed by atoms with van der Waals surface area (Å²) in [4.78, 5) is 35.2. The number of carboxylic acid groups (broad SMARTS) is 1.